The van der Waals surface area contributed by atoms with E-state index in [4.69, 9.17) is 0 Å². The summed E-state index contributed by atoms with van der Waals surface area (Å²) in [5.41, 5.74) is 22.7. The summed E-state index contributed by atoms with van der Waals surface area (Å²) in [7, 11) is 0. The number of hydrogen-bond donors (Lipinski definition) is 0. The maximum Gasteiger partial charge on any atom is 0.0713 e. The molecule has 1 nitrogen and oxygen atoms in total. The normalized spacial score (nSPS) is 19.9. The summed E-state index contributed by atoms with van der Waals surface area (Å²) >= 11 is 0. The van der Waals surface area contributed by atoms with Gasteiger partial charge in [0.1, 0.15) is 0 Å². The second kappa shape index (κ2) is 15.9. The Bertz CT molecular complexity index is 3650. The lowest BCUT2D eigenvalue weighted by molar-refractivity contribution is 0.420. The maximum atomic E-state index is 2.60. The lowest BCUT2D eigenvalue weighted by Crippen LogP contribution is -2.28. The highest BCUT2D eigenvalue weighted by atomic mass is 15.1. The van der Waals surface area contributed by atoms with E-state index in [-0.39, 0.29) is 5.41 Å². The monoisotopic (exact) mass is 897 g/mol. The standard InChI is InChI=1S/C69H55N/c1-68(2)61-29-11-10-26-58(61)67-64(68)31-16-32-65(67)70(54-24-13-21-48(43-54)56-28-15-20-47-19-14-27-55(66(47)56)46-17-5-3-6-18-46)53-38-36-52(37-39-53)69(51-22-7-4-8-23-51)62-30-12-9-25-57(62)60-44-50(35-40-63(60)69)59-42-45-33-34-49(59)41-45/h3-32,35-40,43-45,49,59H,33-34,41-42H2,1-2H3. The van der Waals surface area contributed by atoms with Crippen LogP contribution in [-0.2, 0) is 10.8 Å². The van der Waals surface area contributed by atoms with E-state index in [2.05, 4.69) is 249 Å². The number of hydrogen-bond acceptors (Lipinski definition) is 1. The van der Waals surface area contributed by atoms with Gasteiger partial charge in [-0.25, -0.2) is 0 Å². The van der Waals surface area contributed by atoms with Gasteiger partial charge in [-0.05, 0) is 156 Å². The van der Waals surface area contributed by atoms with Gasteiger partial charge in [-0.3, -0.25) is 0 Å². The van der Waals surface area contributed by atoms with Crippen molar-refractivity contribution in [3.8, 4) is 44.5 Å². The molecule has 4 aliphatic rings. The molecule has 0 saturated heterocycles. The van der Waals surface area contributed by atoms with Crippen LogP contribution in [0.25, 0.3) is 55.3 Å². The Labute approximate surface area is 412 Å². The fourth-order valence-corrected chi connectivity index (χ4v) is 14.1. The molecule has 4 unspecified atom stereocenters. The fraction of sp³-hybridized carbons (Fsp3) is 0.159. The Morgan fingerprint density at radius 1 is 0.414 bits per heavy atom. The zero-order valence-corrected chi connectivity index (χ0v) is 39.9. The molecular weight excluding hydrogens is 843 g/mol. The van der Waals surface area contributed by atoms with Crippen LogP contribution in [0, 0.1) is 11.8 Å². The molecule has 0 spiro atoms. The van der Waals surface area contributed by atoms with E-state index < -0.39 is 5.41 Å². The van der Waals surface area contributed by atoms with Gasteiger partial charge >= 0.3 is 0 Å². The number of fused-ring (bicyclic) bond motifs is 9. The Kier molecular flexibility index (Phi) is 9.37. The van der Waals surface area contributed by atoms with Crippen LogP contribution in [0.15, 0.2) is 231 Å². The molecule has 2 saturated carbocycles. The minimum absolute atomic E-state index is 0.140. The lowest BCUT2D eigenvalue weighted by atomic mass is 9.67. The van der Waals surface area contributed by atoms with E-state index in [0.29, 0.717) is 5.92 Å². The largest absolute Gasteiger partial charge is 0.310 e. The van der Waals surface area contributed by atoms with Crippen molar-refractivity contribution in [1.82, 2.24) is 0 Å². The van der Waals surface area contributed by atoms with Gasteiger partial charge in [0.2, 0.25) is 0 Å². The van der Waals surface area contributed by atoms with E-state index in [9.17, 15) is 0 Å². The molecular formula is C69H55N. The number of nitrogens with zero attached hydrogens (tertiary/aromatic N) is 1. The second-order valence-corrected chi connectivity index (χ2v) is 21.1. The second-order valence-electron chi connectivity index (χ2n) is 21.1. The number of anilines is 3. The Morgan fingerprint density at radius 3 is 1.79 bits per heavy atom. The van der Waals surface area contributed by atoms with E-state index in [1.165, 1.54) is 126 Å². The fourth-order valence-electron chi connectivity index (χ4n) is 14.1. The van der Waals surface area contributed by atoms with E-state index >= 15 is 0 Å². The van der Waals surface area contributed by atoms with Crippen molar-refractivity contribution in [3.63, 3.8) is 0 Å². The molecule has 0 amide bonds. The first-order valence-corrected chi connectivity index (χ1v) is 25.6. The van der Waals surface area contributed by atoms with Crippen molar-refractivity contribution in [3.05, 3.63) is 269 Å². The highest BCUT2D eigenvalue weighted by Gasteiger charge is 2.47. The molecule has 0 heterocycles. The average Bonchev–Trinajstić information content (AvgIpc) is 4.19. The van der Waals surface area contributed by atoms with Gasteiger partial charge in [0.25, 0.3) is 0 Å². The highest BCUT2D eigenvalue weighted by Crippen LogP contribution is 2.60. The molecule has 4 atom stereocenters. The molecule has 0 aromatic heterocycles. The molecule has 0 aliphatic heterocycles. The molecule has 1 heteroatoms. The van der Waals surface area contributed by atoms with Crippen molar-refractivity contribution < 1.29 is 0 Å². The quantitative estimate of drug-likeness (QED) is 0.147. The molecule has 2 bridgehead atoms. The zero-order valence-electron chi connectivity index (χ0n) is 39.9. The first-order valence-electron chi connectivity index (χ1n) is 25.6. The molecule has 10 aromatic rings. The lowest BCUT2D eigenvalue weighted by Gasteiger charge is -2.35. The molecule has 0 radical (unpaired) electrons. The molecule has 70 heavy (non-hydrogen) atoms. The van der Waals surface area contributed by atoms with Gasteiger partial charge in [0, 0.05) is 22.4 Å². The Morgan fingerprint density at radius 2 is 1.03 bits per heavy atom. The molecule has 336 valence electrons. The van der Waals surface area contributed by atoms with Crippen LogP contribution in [-0.4, -0.2) is 0 Å². The van der Waals surface area contributed by atoms with Crippen molar-refractivity contribution in [2.45, 2.75) is 56.3 Å². The van der Waals surface area contributed by atoms with Crippen molar-refractivity contribution in [2.24, 2.45) is 11.8 Å². The maximum absolute atomic E-state index is 2.60. The third kappa shape index (κ3) is 6.10. The summed E-state index contributed by atoms with van der Waals surface area (Å²) < 4.78 is 0. The highest BCUT2D eigenvalue weighted by molar-refractivity contribution is 6.07. The number of benzene rings is 10. The van der Waals surface area contributed by atoms with Gasteiger partial charge in [-0.2, -0.15) is 0 Å². The van der Waals surface area contributed by atoms with Crippen molar-refractivity contribution in [2.75, 3.05) is 4.90 Å². The van der Waals surface area contributed by atoms with Gasteiger partial charge < -0.3 is 4.90 Å². The van der Waals surface area contributed by atoms with Crippen LogP contribution in [0.1, 0.15) is 84.4 Å². The van der Waals surface area contributed by atoms with Crippen molar-refractivity contribution in [1.29, 1.82) is 0 Å². The topological polar surface area (TPSA) is 3.24 Å². The first-order chi connectivity index (χ1) is 34.5. The Hall–Kier alpha value is -7.74. The molecule has 4 aliphatic carbocycles. The van der Waals surface area contributed by atoms with Crippen LogP contribution in [0.5, 0.6) is 0 Å². The first kappa shape index (κ1) is 41.3. The van der Waals surface area contributed by atoms with E-state index in [0.717, 1.165) is 23.2 Å². The SMILES string of the molecule is CC1(C)c2ccccc2-c2c(N(c3ccc(C4(c5ccccc5)c5ccccc5-c5cc(C6CC7CCC6C7)ccc54)cc3)c3cccc(-c4cccc5cccc(-c6ccccc6)c45)c3)cccc21. The minimum atomic E-state index is -0.481. The summed E-state index contributed by atoms with van der Waals surface area (Å²) in [5, 5.41) is 2.51. The Balaban J connectivity index is 0.965. The summed E-state index contributed by atoms with van der Waals surface area (Å²) in [5.74, 6) is 2.41. The molecule has 14 rings (SSSR count). The number of rotatable bonds is 8. The van der Waals surface area contributed by atoms with E-state index in [1.54, 1.807) is 0 Å². The summed E-state index contributed by atoms with van der Waals surface area (Å²) in [6, 6.07) is 87.4. The minimum Gasteiger partial charge on any atom is -0.310 e. The average molecular weight is 898 g/mol. The third-order valence-corrected chi connectivity index (χ3v) is 17.2. The molecule has 10 aromatic carbocycles. The molecule has 2 fully saturated rings. The van der Waals surface area contributed by atoms with Gasteiger partial charge in [-0.15, -0.1) is 0 Å². The van der Waals surface area contributed by atoms with E-state index in [1.807, 2.05) is 0 Å². The predicted octanol–water partition coefficient (Wildman–Crippen LogP) is 18.2. The van der Waals surface area contributed by atoms with Crippen LogP contribution >= 0.6 is 0 Å². The third-order valence-electron chi connectivity index (χ3n) is 17.2. The van der Waals surface area contributed by atoms with Crippen LogP contribution < -0.4 is 4.90 Å². The summed E-state index contributed by atoms with van der Waals surface area (Å²) in [4.78, 5) is 2.53. The van der Waals surface area contributed by atoms with Gasteiger partial charge in [0.05, 0.1) is 11.1 Å². The smallest absolute Gasteiger partial charge is 0.0713 e. The van der Waals surface area contributed by atoms with Crippen LogP contribution in [0.4, 0.5) is 17.1 Å². The van der Waals surface area contributed by atoms with Crippen molar-refractivity contribution >= 4 is 27.8 Å². The summed E-state index contributed by atoms with van der Waals surface area (Å²) in [6.07, 6.45) is 5.57. The molecule has 0 N–H and O–H groups in total. The van der Waals surface area contributed by atoms with Gasteiger partial charge in [0.15, 0.2) is 0 Å². The van der Waals surface area contributed by atoms with Crippen LogP contribution in [0.2, 0.25) is 0 Å². The van der Waals surface area contributed by atoms with Crippen LogP contribution in [0.3, 0.4) is 0 Å². The zero-order chi connectivity index (χ0) is 46.6. The summed E-state index contributed by atoms with van der Waals surface area (Å²) in [6.45, 7) is 4.76. The van der Waals surface area contributed by atoms with Gasteiger partial charge in [-0.1, -0.05) is 220 Å². The predicted molar refractivity (Wildman–Crippen MR) is 293 cm³/mol.